The number of fused-ring (bicyclic) bond motifs is 1. The zero-order valence-electron chi connectivity index (χ0n) is 10.8. The largest absolute Gasteiger partial charge is 0.370 e. The quantitative estimate of drug-likeness (QED) is 0.664. The molecule has 0 bridgehead atoms. The minimum Gasteiger partial charge on any atom is -0.370 e. The number of thiophene rings is 1. The van der Waals surface area contributed by atoms with Gasteiger partial charge in [-0.2, -0.15) is 0 Å². The summed E-state index contributed by atoms with van der Waals surface area (Å²) < 4.78 is 5.91. The second-order valence-electron chi connectivity index (χ2n) is 4.84. The van der Waals surface area contributed by atoms with E-state index in [9.17, 15) is 0 Å². The zero-order chi connectivity index (χ0) is 13.1. The van der Waals surface area contributed by atoms with Crippen LogP contribution in [-0.2, 0) is 11.3 Å². The smallest absolute Gasteiger partial charge is 0.158 e. The highest BCUT2D eigenvalue weighted by Gasteiger charge is 2.15. The second-order valence-corrected chi connectivity index (χ2v) is 5.74. The molecule has 0 amide bonds. The van der Waals surface area contributed by atoms with Crippen molar-refractivity contribution < 1.29 is 4.74 Å². The molecule has 0 radical (unpaired) electrons. The van der Waals surface area contributed by atoms with Crippen LogP contribution in [0.25, 0.3) is 10.2 Å². The van der Waals surface area contributed by atoms with Gasteiger partial charge in [-0.15, -0.1) is 11.3 Å². The summed E-state index contributed by atoms with van der Waals surface area (Å²) >= 11 is 1.59. The van der Waals surface area contributed by atoms with Crippen LogP contribution in [0.2, 0.25) is 0 Å². The Morgan fingerprint density at radius 2 is 2.16 bits per heavy atom. The van der Waals surface area contributed by atoms with E-state index in [0.29, 0.717) is 24.4 Å². The highest BCUT2D eigenvalue weighted by atomic mass is 32.1. The Morgan fingerprint density at radius 1 is 1.32 bits per heavy atom. The normalized spacial score (nSPS) is 16.9. The molecule has 0 unspecified atom stereocenters. The first-order valence-electron chi connectivity index (χ1n) is 6.69. The van der Waals surface area contributed by atoms with Gasteiger partial charge in [0.15, 0.2) is 11.6 Å². The summed E-state index contributed by atoms with van der Waals surface area (Å²) in [7, 11) is 0. The lowest BCUT2D eigenvalue weighted by atomic mass is 9.98. The van der Waals surface area contributed by atoms with Crippen LogP contribution in [-0.4, -0.2) is 16.1 Å². The number of hydrogen-bond donors (Lipinski definition) is 2. The van der Waals surface area contributed by atoms with Gasteiger partial charge in [0.05, 0.1) is 11.5 Å². The SMILES string of the molecule is NNc1nc(COC2CCCCC2)nc2sccc12. The Kier molecular flexibility index (Phi) is 3.91. The van der Waals surface area contributed by atoms with Gasteiger partial charge in [0, 0.05) is 0 Å². The molecule has 1 saturated carbocycles. The monoisotopic (exact) mass is 278 g/mol. The first kappa shape index (κ1) is 12.8. The van der Waals surface area contributed by atoms with E-state index in [1.807, 2.05) is 11.4 Å². The highest BCUT2D eigenvalue weighted by molar-refractivity contribution is 7.16. The summed E-state index contributed by atoms with van der Waals surface area (Å²) in [6.45, 7) is 0.465. The second kappa shape index (κ2) is 5.81. The van der Waals surface area contributed by atoms with Crippen molar-refractivity contribution in [2.75, 3.05) is 5.43 Å². The maximum atomic E-state index is 5.91. The van der Waals surface area contributed by atoms with Gasteiger partial charge in [0.25, 0.3) is 0 Å². The Morgan fingerprint density at radius 3 is 2.95 bits per heavy atom. The maximum Gasteiger partial charge on any atom is 0.158 e. The standard InChI is InChI=1S/C13H18N4OS/c14-17-12-10-6-7-19-13(10)16-11(15-12)8-18-9-4-2-1-3-5-9/h6-7,9H,1-5,8,14H2,(H,15,16,17). The molecule has 1 fully saturated rings. The van der Waals surface area contributed by atoms with Crippen molar-refractivity contribution in [2.45, 2.75) is 44.8 Å². The summed E-state index contributed by atoms with van der Waals surface area (Å²) in [4.78, 5) is 9.87. The average molecular weight is 278 g/mol. The van der Waals surface area contributed by atoms with E-state index in [1.54, 1.807) is 11.3 Å². The number of aromatic nitrogens is 2. The van der Waals surface area contributed by atoms with E-state index in [-0.39, 0.29) is 0 Å². The molecule has 1 aliphatic carbocycles. The summed E-state index contributed by atoms with van der Waals surface area (Å²) in [5.41, 5.74) is 2.63. The summed E-state index contributed by atoms with van der Waals surface area (Å²) in [5.74, 6) is 6.88. The molecule has 0 saturated heterocycles. The van der Waals surface area contributed by atoms with Gasteiger partial charge in [0.1, 0.15) is 11.4 Å². The highest BCUT2D eigenvalue weighted by Crippen LogP contribution is 2.25. The van der Waals surface area contributed by atoms with Crippen molar-refractivity contribution in [3.63, 3.8) is 0 Å². The number of anilines is 1. The molecule has 0 aromatic carbocycles. The molecular weight excluding hydrogens is 260 g/mol. The zero-order valence-corrected chi connectivity index (χ0v) is 11.6. The Labute approximate surface area is 116 Å². The molecule has 0 spiro atoms. The molecule has 2 heterocycles. The lowest BCUT2D eigenvalue weighted by Crippen LogP contribution is -2.17. The minimum atomic E-state index is 0.366. The Balaban J connectivity index is 1.73. The van der Waals surface area contributed by atoms with Crippen LogP contribution in [0.3, 0.4) is 0 Å². The number of ether oxygens (including phenoxy) is 1. The lowest BCUT2D eigenvalue weighted by Gasteiger charge is -2.21. The third kappa shape index (κ3) is 2.86. The maximum absolute atomic E-state index is 5.91. The fraction of sp³-hybridized carbons (Fsp3) is 0.538. The van der Waals surface area contributed by atoms with Gasteiger partial charge in [-0.25, -0.2) is 15.8 Å². The van der Waals surface area contributed by atoms with Crippen LogP contribution < -0.4 is 11.3 Å². The number of nitrogens with two attached hydrogens (primary N) is 1. The van der Waals surface area contributed by atoms with Gasteiger partial charge in [0.2, 0.25) is 0 Å². The van der Waals surface area contributed by atoms with Gasteiger partial charge in [-0.3, -0.25) is 0 Å². The average Bonchev–Trinajstić information content (AvgIpc) is 2.93. The van der Waals surface area contributed by atoms with Gasteiger partial charge in [-0.1, -0.05) is 19.3 Å². The number of nitrogens with zero attached hydrogens (tertiary/aromatic N) is 2. The van der Waals surface area contributed by atoms with E-state index in [2.05, 4.69) is 15.4 Å². The predicted octanol–water partition coefficient (Wildman–Crippen LogP) is 2.83. The summed E-state index contributed by atoms with van der Waals surface area (Å²) in [6.07, 6.45) is 6.55. The van der Waals surface area contributed by atoms with Gasteiger partial charge in [-0.05, 0) is 24.3 Å². The number of hydrogen-bond acceptors (Lipinski definition) is 6. The fourth-order valence-electron chi connectivity index (χ4n) is 2.50. The molecule has 5 nitrogen and oxygen atoms in total. The molecule has 102 valence electrons. The molecule has 6 heteroatoms. The first-order chi connectivity index (χ1) is 9.36. The minimum absolute atomic E-state index is 0.366. The lowest BCUT2D eigenvalue weighted by molar-refractivity contribution is 0.0137. The van der Waals surface area contributed by atoms with Crippen molar-refractivity contribution in [1.29, 1.82) is 0 Å². The van der Waals surface area contributed by atoms with Gasteiger partial charge >= 0.3 is 0 Å². The van der Waals surface area contributed by atoms with Crippen LogP contribution >= 0.6 is 11.3 Å². The summed E-state index contributed by atoms with van der Waals surface area (Å²) in [6, 6.07) is 1.97. The van der Waals surface area contributed by atoms with E-state index < -0.39 is 0 Å². The van der Waals surface area contributed by atoms with Crippen molar-refractivity contribution >= 4 is 27.4 Å². The number of hydrazine groups is 1. The van der Waals surface area contributed by atoms with E-state index >= 15 is 0 Å². The molecule has 2 aromatic rings. The molecule has 1 aliphatic rings. The van der Waals surface area contributed by atoms with Crippen LogP contribution in [0.1, 0.15) is 37.9 Å². The summed E-state index contributed by atoms with van der Waals surface area (Å²) in [5, 5.41) is 2.96. The van der Waals surface area contributed by atoms with Crippen LogP contribution in [0.15, 0.2) is 11.4 Å². The van der Waals surface area contributed by atoms with Crippen molar-refractivity contribution in [2.24, 2.45) is 5.84 Å². The third-order valence-corrected chi connectivity index (χ3v) is 4.32. The van der Waals surface area contributed by atoms with Crippen LogP contribution in [0.4, 0.5) is 5.82 Å². The van der Waals surface area contributed by atoms with Crippen LogP contribution in [0, 0.1) is 0 Å². The molecular formula is C13H18N4OS. The topological polar surface area (TPSA) is 73.1 Å². The van der Waals surface area contributed by atoms with E-state index in [1.165, 1.54) is 19.3 Å². The molecule has 2 aromatic heterocycles. The molecule has 0 atom stereocenters. The van der Waals surface area contributed by atoms with Gasteiger partial charge < -0.3 is 10.2 Å². The number of rotatable bonds is 4. The van der Waals surface area contributed by atoms with Crippen molar-refractivity contribution in [1.82, 2.24) is 9.97 Å². The van der Waals surface area contributed by atoms with Crippen molar-refractivity contribution in [3.8, 4) is 0 Å². The first-order valence-corrected chi connectivity index (χ1v) is 7.57. The number of nitrogens with one attached hydrogen (secondary N) is 1. The van der Waals surface area contributed by atoms with Crippen LogP contribution in [0.5, 0.6) is 0 Å². The predicted molar refractivity (Wildman–Crippen MR) is 76.9 cm³/mol. The molecule has 19 heavy (non-hydrogen) atoms. The number of nitrogen functional groups attached to an aromatic ring is 1. The van der Waals surface area contributed by atoms with E-state index in [0.717, 1.165) is 23.1 Å². The molecule has 3 rings (SSSR count). The molecule has 0 aliphatic heterocycles. The third-order valence-electron chi connectivity index (χ3n) is 3.51. The Hall–Kier alpha value is -1.24. The van der Waals surface area contributed by atoms with Crippen molar-refractivity contribution in [3.05, 3.63) is 17.3 Å². The fourth-order valence-corrected chi connectivity index (χ4v) is 3.28. The molecule has 3 N–H and O–H groups in total. The Bertz CT molecular complexity index is 551. The van der Waals surface area contributed by atoms with E-state index in [4.69, 9.17) is 10.6 Å².